The maximum absolute atomic E-state index is 13.3. The number of halogens is 2. The van der Waals surface area contributed by atoms with Crippen LogP contribution in [0.15, 0.2) is 46.9 Å². The average Bonchev–Trinajstić information content (AvgIpc) is 2.80. The Kier molecular flexibility index (Phi) is 9.63. The molecule has 0 bridgehead atoms. The Balaban J connectivity index is 1.76. The molecule has 1 aliphatic rings. The van der Waals surface area contributed by atoms with Crippen molar-refractivity contribution in [1.29, 1.82) is 0 Å². The molecule has 0 spiro atoms. The lowest BCUT2D eigenvalue weighted by atomic mass is 9.95. The van der Waals surface area contributed by atoms with Crippen LogP contribution in [0.3, 0.4) is 0 Å². The van der Waals surface area contributed by atoms with Crippen LogP contribution in [-0.2, 0) is 16.1 Å². The van der Waals surface area contributed by atoms with Crippen molar-refractivity contribution in [2.75, 3.05) is 6.61 Å². The fourth-order valence-electron chi connectivity index (χ4n) is 4.17. The summed E-state index contributed by atoms with van der Waals surface area (Å²) in [6.07, 6.45) is 6.01. The zero-order valence-corrected chi connectivity index (χ0v) is 21.6. The van der Waals surface area contributed by atoms with E-state index in [0.717, 1.165) is 41.3 Å². The van der Waals surface area contributed by atoms with Gasteiger partial charge in [0.05, 0.1) is 5.02 Å². The molecule has 1 atom stereocenters. The van der Waals surface area contributed by atoms with E-state index in [9.17, 15) is 9.59 Å². The van der Waals surface area contributed by atoms with E-state index in [1.54, 1.807) is 17.0 Å². The third-order valence-electron chi connectivity index (χ3n) is 6.06. The molecule has 0 aromatic heterocycles. The van der Waals surface area contributed by atoms with E-state index in [0.29, 0.717) is 23.7 Å². The van der Waals surface area contributed by atoms with E-state index < -0.39 is 6.04 Å². The lowest BCUT2D eigenvalue weighted by molar-refractivity contribution is -0.143. The van der Waals surface area contributed by atoms with Gasteiger partial charge in [0.15, 0.2) is 6.61 Å². The van der Waals surface area contributed by atoms with Gasteiger partial charge in [0.25, 0.3) is 5.91 Å². The molecule has 2 aromatic carbocycles. The van der Waals surface area contributed by atoms with Gasteiger partial charge in [-0.05, 0) is 49.9 Å². The number of benzene rings is 2. The van der Waals surface area contributed by atoms with Gasteiger partial charge in [0, 0.05) is 17.1 Å². The van der Waals surface area contributed by atoms with Gasteiger partial charge in [-0.2, -0.15) is 0 Å². The number of nitrogens with zero attached hydrogens (tertiary/aromatic N) is 1. The first kappa shape index (κ1) is 25.6. The minimum absolute atomic E-state index is 0.0912. The molecule has 0 heterocycles. The first-order valence-corrected chi connectivity index (χ1v) is 12.8. The Morgan fingerprint density at radius 1 is 1.15 bits per heavy atom. The summed E-state index contributed by atoms with van der Waals surface area (Å²) in [5.41, 5.74) is 2.12. The zero-order chi connectivity index (χ0) is 23.8. The Labute approximate surface area is 210 Å². The van der Waals surface area contributed by atoms with E-state index in [1.165, 1.54) is 6.42 Å². The third-order valence-corrected chi connectivity index (χ3v) is 6.84. The van der Waals surface area contributed by atoms with Crippen LogP contribution in [0.2, 0.25) is 5.02 Å². The van der Waals surface area contributed by atoms with Gasteiger partial charge in [0.2, 0.25) is 5.91 Å². The summed E-state index contributed by atoms with van der Waals surface area (Å²) in [4.78, 5) is 28.2. The number of carbonyl (C=O) groups excluding carboxylic acids is 2. The number of carbonyl (C=O) groups is 2. The van der Waals surface area contributed by atoms with Crippen molar-refractivity contribution in [2.24, 2.45) is 0 Å². The van der Waals surface area contributed by atoms with Gasteiger partial charge in [-0.3, -0.25) is 9.59 Å². The minimum atomic E-state index is -0.565. The average molecular weight is 536 g/mol. The van der Waals surface area contributed by atoms with Crippen LogP contribution >= 0.6 is 27.5 Å². The van der Waals surface area contributed by atoms with E-state index in [2.05, 4.69) is 21.2 Å². The second-order valence-corrected chi connectivity index (χ2v) is 9.96. The Morgan fingerprint density at radius 2 is 1.85 bits per heavy atom. The van der Waals surface area contributed by atoms with Gasteiger partial charge < -0.3 is 15.0 Å². The molecule has 3 rings (SSSR count). The largest absolute Gasteiger partial charge is 0.482 e. The second kappa shape index (κ2) is 12.4. The van der Waals surface area contributed by atoms with Gasteiger partial charge in [-0.1, -0.05) is 83.5 Å². The summed E-state index contributed by atoms with van der Waals surface area (Å²) in [6.45, 7) is 4.11. The number of hydrogen-bond acceptors (Lipinski definition) is 3. The Hall–Kier alpha value is -2.05. The van der Waals surface area contributed by atoms with Gasteiger partial charge in [-0.25, -0.2) is 0 Å². The smallest absolute Gasteiger partial charge is 0.261 e. The lowest BCUT2D eigenvalue weighted by Gasteiger charge is -2.32. The summed E-state index contributed by atoms with van der Waals surface area (Å²) < 4.78 is 6.57. The van der Waals surface area contributed by atoms with Crippen LogP contribution in [0.1, 0.15) is 56.6 Å². The molecular formula is C26H32BrClN2O3. The molecule has 1 fully saturated rings. The van der Waals surface area contributed by atoms with Crippen LogP contribution < -0.4 is 10.1 Å². The fraction of sp³-hybridized carbons (Fsp3) is 0.462. The number of nitrogens with one attached hydrogen (secondary N) is 1. The molecule has 2 amide bonds. The molecule has 1 saturated carbocycles. The maximum Gasteiger partial charge on any atom is 0.261 e. The molecule has 7 heteroatoms. The molecule has 0 radical (unpaired) electrons. The van der Waals surface area contributed by atoms with Gasteiger partial charge in [0.1, 0.15) is 11.8 Å². The minimum Gasteiger partial charge on any atom is -0.482 e. The molecule has 1 N–H and O–H groups in total. The van der Waals surface area contributed by atoms with Crippen molar-refractivity contribution in [1.82, 2.24) is 10.2 Å². The molecule has 0 aliphatic heterocycles. The van der Waals surface area contributed by atoms with Crippen LogP contribution in [0, 0.1) is 6.92 Å². The standard InChI is InChI=1S/C26H32BrClN2O3/c1-3-23(26(32)29-21-7-5-4-6-8-21)30(16-19-11-9-18(2)10-12-19)25(31)17-33-24-14-13-20(27)15-22(24)28/h9-15,21,23H,3-8,16-17H2,1-2H3,(H,29,32)/t23-/m0/s1. The van der Waals surface area contributed by atoms with E-state index in [-0.39, 0.29) is 24.5 Å². The van der Waals surface area contributed by atoms with Gasteiger partial charge >= 0.3 is 0 Å². The monoisotopic (exact) mass is 534 g/mol. The summed E-state index contributed by atoms with van der Waals surface area (Å²) in [5.74, 6) is 0.0925. The molecule has 33 heavy (non-hydrogen) atoms. The van der Waals surface area contributed by atoms with Crippen LogP contribution in [0.4, 0.5) is 0 Å². The molecule has 0 unspecified atom stereocenters. The predicted octanol–water partition coefficient (Wildman–Crippen LogP) is 6.05. The number of rotatable bonds is 9. The fourth-order valence-corrected chi connectivity index (χ4v) is 4.90. The maximum atomic E-state index is 13.3. The highest BCUT2D eigenvalue weighted by Gasteiger charge is 2.30. The summed E-state index contributed by atoms with van der Waals surface area (Å²) >= 11 is 9.61. The predicted molar refractivity (Wildman–Crippen MR) is 135 cm³/mol. The Bertz CT molecular complexity index is 945. The molecular weight excluding hydrogens is 504 g/mol. The molecule has 5 nitrogen and oxygen atoms in total. The quantitative estimate of drug-likeness (QED) is 0.425. The SMILES string of the molecule is CC[C@@H](C(=O)NC1CCCCC1)N(Cc1ccc(C)cc1)C(=O)COc1ccc(Br)cc1Cl. The van der Waals surface area contributed by atoms with Crippen LogP contribution in [-0.4, -0.2) is 35.4 Å². The van der Waals surface area contributed by atoms with Crippen molar-refractivity contribution < 1.29 is 14.3 Å². The molecule has 2 aromatic rings. The normalized spacial score (nSPS) is 15.0. The number of amides is 2. The Morgan fingerprint density at radius 3 is 2.48 bits per heavy atom. The van der Waals surface area contributed by atoms with Crippen molar-refractivity contribution in [3.8, 4) is 5.75 Å². The summed E-state index contributed by atoms with van der Waals surface area (Å²) in [7, 11) is 0. The third kappa shape index (κ3) is 7.47. The van der Waals surface area contributed by atoms with Crippen molar-refractivity contribution in [3.05, 3.63) is 63.1 Å². The highest BCUT2D eigenvalue weighted by Crippen LogP contribution is 2.28. The first-order valence-electron chi connectivity index (χ1n) is 11.6. The van der Waals surface area contributed by atoms with Crippen molar-refractivity contribution in [2.45, 2.75) is 71.0 Å². The molecule has 1 aliphatic carbocycles. The van der Waals surface area contributed by atoms with Crippen LogP contribution in [0.25, 0.3) is 0 Å². The molecule has 178 valence electrons. The summed E-state index contributed by atoms with van der Waals surface area (Å²) in [6, 6.07) is 12.9. The van der Waals surface area contributed by atoms with E-state index in [4.69, 9.17) is 16.3 Å². The number of aryl methyl sites for hydroxylation is 1. The molecule has 0 saturated heterocycles. The first-order chi connectivity index (χ1) is 15.9. The number of hydrogen-bond donors (Lipinski definition) is 1. The van der Waals surface area contributed by atoms with Crippen LogP contribution in [0.5, 0.6) is 5.75 Å². The zero-order valence-electron chi connectivity index (χ0n) is 19.3. The topological polar surface area (TPSA) is 58.6 Å². The lowest BCUT2D eigenvalue weighted by Crippen LogP contribution is -2.52. The highest BCUT2D eigenvalue weighted by molar-refractivity contribution is 9.10. The second-order valence-electron chi connectivity index (χ2n) is 8.64. The van der Waals surface area contributed by atoms with Crippen molar-refractivity contribution >= 4 is 39.3 Å². The van der Waals surface area contributed by atoms with Gasteiger partial charge in [-0.15, -0.1) is 0 Å². The number of ether oxygens (including phenoxy) is 1. The highest BCUT2D eigenvalue weighted by atomic mass is 79.9. The van der Waals surface area contributed by atoms with E-state index >= 15 is 0 Å². The van der Waals surface area contributed by atoms with E-state index in [1.807, 2.05) is 44.2 Å². The summed E-state index contributed by atoms with van der Waals surface area (Å²) in [5, 5.41) is 3.61. The van der Waals surface area contributed by atoms with Crippen molar-refractivity contribution in [3.63, 3.8) is 0 Å².